The van der Waals surface area contributed by atoms with Crippen LogP contribution in [0, 0.1) is 0 Å². The Morgan fingerprint density at radius 2 is 1.00 bits per heavy atom. The molecular weight excluding hydrogens is 420 g/mol. The number of nitrogens with zero attached hydrogens (tertiary/aromatic N) is 2. The van der Waals surface area contributed by atoms with Crippen molar-refractivity contribution in [2.45, 2.75) is 51.6 Å². The molecule has 0 spiro atoms. The topological polar surface area (TPSA) is 18.5 Å². The Labute approximate surface area is 206 Å². The molecule has 4 unspecified atom stereocenters. The average molecular weight is 463 g/mol. The highest BCUT2D eigenvalue weighted by Crippen LogP contribution is 2.23. The maximum absolute atomic E-state index is 6.27. The van der Waals surface area contributed by atoms with Crippen molar-refractivity contribution in [1.82, 2.24) is 0 Å². The molecule has 0 aromatic heterocycles. The monoisotopic (exact) mass is 462 g/mol. The first kappa shape index (κ1) is 24.9. The Kier molecular flexibility index (Phi) is 8.05. The first-order valence-corrected chi connectivity index (χ1v) is 12.9. The van der Waals surface area contributed by atoms with Gasteiger partial charge in [0.15, 0.2) is 0 Å². The Morgan fingerprint density at radius 1 is 0.618 bits per heavy atom. The molecule has 2 heterocycles. The van der Waals surface area contributed by atoms with E-state index in [0.29, 0.717) is 21.4 Å². The van der Waals surface area contributed by atoms with E-state index in [9.17, 15) is 0 Å². The molecule has 4 heteroatoms. The molecule has 4 atom stereocenters. The number of hydroxylamine groups is 6. The van der Waals surface area contributed by atoms with Crippen LogP contribution in [0.4, 0.5) is 0 Å². The highest BCUT2D eigenvalue weighted by molar-refractivity contribution is 5.64. The molecule has 182 valence electrons. The smallest absolute Gasteiger partial charge is 0.127 e. The maximum atomic E-state index is 6.27. The van der Waals surface area contributed by atoms with Crippen LogP contribution < -0.4 is 0 Å². The number of benzene rings is 2. The minimum atomic E-state index is 0.511. The molecule has 4 rings (SSSR count). The number of hydrogen-bond acceptors (Lipinski definition) is 2. The van der Waals surface area contributed by atoms with Gasteiger partial charge in [0, 0.05) is 25.7 Å². The molecule has 2 aromatic carbocycles. The van der Waals surface area contributed by atoms with E-state index in [2.05, 4.69) is 101 Å². The van der Waals surface area contributed by atoms with Gasteiger partial charge in [-0.2, -0.15) is 9.29 Å². The largest absolute Gasteiger partial charge is 0.202 e. The van der Waals surface area contributed by atoms with Gasteiger partial charge in [0.1, 0.15) is 38.4 Å². The van der Waals surface area contributed by atoms with Crippen molar-refractivity contribution in [3.63, 3.8) is 0 Å². The van der Waals surface area contributed by atoms with Crippen molar-refractivity contribution >= 4 is 0 Å². The zero-order chi connectivity index (χ0) is 24.0. The Hall–Kier alpha value is -2.24. The van der Waals surface area contributed by atoms with Crippen molar-refractivity contribution < 1.29 is 19.0 Å². The number of hydrogen-bond donors (Lipinski definition) is 0. The standard InChI is InChI=1S/C30H42N2O2/c1-25-9-5-7-21-31(25,3)33-23-19-27-11-15-29(16-12-27)30-17-13-28(14-18-30)20-24-34-32(4)22-8-6-10-26(32)2/h5-8,11-18,25-26H,9-10,19-24H2,1-4H3/q+2. The van der Waals surface area contributed by atoms with Gasteiger partial charge in [-0.25, -0.2) is 9.68 Å². The Bertz CT molecular complexity index is 900. The van der Waals surface area contributed by atoms with Gasteiger partial charge in [0.2, 0.25) is 0 Å². The van der Waals surface area contributed by atoms with Gasteiger partial charge < -0.3 is 0 Å². The molecule has 4 nitrogen and oxygen atoms in total. The van der Waals surface area contributed by atoms with Crippen molar-refractivity contribution in [2.24, 2.45) is 0 Å². The molecule has 2 aliphatic rings. The molecule has 0 saturated heterocycles. The second-order valence-corrected chi connectivity index (χ2v) is 10.4. The number of quaternary nitrogens is 2. The Balaban J connectivity index is 1.25. The summed E-state index contributed by atoms with van der Waals surface area (Å²) in [5.41, 5.74) is 5.16. The van der Waals surface area contributed by atoms with Gasteiger partial charge in [0.25, 0.3) is 0 Å². The molecule has 0 bridgehead atoms. The first-order valence-electron chi connectivity index (χ1n) is 12.9. The summed E-state index contributed by atoms with van der Waals surface area (Å²) in [6.07, 6.45) is 13.1. The van der Waals surface area contributed by atoms with Crippen LogP contribution >= 0.6 is 0 Å². The third kappa shape index (κ3) is 6.05. The summed E-state index contributed by atoms with van der Waals surface area (Å²) in [5, 5.41) is 0. The van der Waals surface area contributed by atoms with Gasteiger partial charge in [-0.05, 0) is 48.3 Å². The predicted octanol–water partition coefficient (Wildman–Crippen LogP) is 5.89. The molecule has 0 fully saturated rings. The molecule has 0 saturated carbocycles. The predicted molar refractivity (Wildman–Crippen MR) is 140 cm³/mol. The molecule has 0 aliphatic carbocycles. The Morgan fingerprint density at radius 3 is 1.35 bits per heavy atom. The molecule has 2 aromatic rings. The molecule has 0 radical (unpaired) electrons. The second kappa shape index (κ2) is 11.0. The van der Waals surface area contributed by atoms with E-state index in [4.69, 9.17) is 9.68 Å². The van der Waals surface area contributed by atoms with Crippen molar-refractivity contribution in [1.29, 1.82) is 0 Å². The van der Waals surface area contributed by atoms with Crippen LogP contribution in [0.1, 0.15) is 37.8 Å². The fourth-order valence-corrected chi connectivity index (χ4v) is 4.79. The minimum absolute atomic E-state index is 0.511. The quantitative estimate of drug-likeness (QED) is 0.342. The summed E-state index contributed by atoms with van der Waals surface area (Å²) in [4.78, 5) is 12.5. The van der Waals surface area contributed by atoms with Gasteiger partial charge in [-0.3, -0.25) is 0 Å². The van der Waals surface area contributed by atoms with Crippen LogP contribution in [0.25, 0.3) is 11.1 Å². The lowest BCUT2D eigenvalue weighted by atomic mass is 10.0. The lowest BCUT2D eigenvalue weighted by molar-refractivity contribution is -1.10. The first-order chi connectivity index (χ1) is 16.4. The number of likely N-dealkylation sites (N-methyl/N-ethyl adjacent to an activating group) is 2. The SMILES string of the molecule is CC1CC=CC[N+]1(C)OCCc1ccc(-c2ccc(CCO[N+]3(C)CC=CCC3C)cc2)cc1. The third-order valence-corrected chi connectivity index (χ3v) is 7.88. The van der Waals surface area contributed by atoms with E-state index in [1.807, 2.05) is 0 Å². The van der Waals surface area contributed by atoms with E-state index in [-0.39, 0.29) is 0 Å². The molecule has 34 heavy (non-hydrogen) atoms. The van der Waals surface area contributed by atoms with Crippen LogP contribution in [0.2, 0.25) is 0 Å². The summed E-state index contributed by atoms with van der Waals surface area (Å²) in [6, 6.07) is 18.9. The van der Waals surface area contributed by atoms with Crippen molar-refractivity contribution in [2.75, 3.05) is 40.4 Å². The summed E-state index contributed by atoms with van der Waals surface area (Å²) in [7, 11) is 4.39. The molecular formula is C30H42N2O2+2. The molecule has 0 N–H and O–H groups in total. The lowest BCUT2D eigenvalue weighted by Gasteiger charge is -2.37. The van der Waals surface area contributed by atoms with Crippen molar-refractivity contribution in [3.8, 4) is 11.1 Å². The minimum Gasteiger partial charge on any atom is -0.202 e. The third-order valence-electron chi connectivity index (χ3n) is 7.88. The normalized spacial score (nSPS) is 28.8. The maximum Gasteiger partial charge on any atom is 0.127 e. The van der Waals surface area contributed by atoms with Crippen LogP contribution in [-0.2, 0) is 22.5 Å². The van der Waals surface area contributed by atoms with Crippen LogP contribution in [0.15, 0.2) is 72.8 Å². The lowest BCUT2D eigenvalue weighted by Crippen LogP contribution is -2.52. The highest BCUT2D eigenvalue weighted by atomic mass is 16.7. The van der Waals surface area contributed by atoms with E-state index in [1.165, 1.54) is 22.3 Å². The zero-order valence-electron chi connectivity index (χ0n) is 21.5. The van der Waals surface area contributed by atoms with E-state index < -0.39 is 0 Å². The average Bonchev–Trinajstić information content (AvgIpc) is 2.84. The zero-order valence-corrected chi connectivity index (χ0v) is 21.5. The fourth-order valence-electron chi connectivity index (χ4n) is 4.79. The van der Waals surface area contributed by atoms with Crippen LogP contribution in [0.5, 0.6) is 0 Å². The van der Waals surface area contributed by atoms with E-state index >= 15 is 0 Å². The summed E-state index contributed by atoms with van der Waals surface area (Å²) in [5.74, 6) is 0. The highest BCUT2D eigenvalue weighted by Gasteiger charge is 2.32. The molecule has 2 aliphatic heterocycles. The fraction of sp³-hybridized carbons (Fsp3) is 0.467. The second-order valence-electron chi connectivity index (χ2n) is 10.4. The summed E-state index contributed by atoms with van der Waals surface area (Å²) in [6.45, 7) is 7.94. The number of rotatable bonds is 9. The summed E-state index contributed by atoms with van der Waals surface area (Å²) < 4.78 is 1.36. The molecule has 0 amide bonds. The van der Waals surface area contributed by atoms with Gasteiger partial charge >= 0.3 is 0 Å². The van der Waals surface area contributed by atoms with Crippen LogP contribution in [0.3, 0.4) is 0 Å². The van der Waals surface area contributed by atoms with E-state index in [1.54, 1.807) is 0 Å². The summed E-state index contributed by atoms with van der Waals surface area (Å²) >= 11 is 0. The van der Waals surface area contributed by atoms with Crippen molar-refractivity contribution in [3.05, 3.63) is 84.0 Å². The van der Waals surface area contributed by atoms with Gasteiger partial charge in [0.05, 0.1) is 14.1 Å². The van der Waals surface area contributed by atoms with E-state index in [0.717, 1.165) is 52.0 Å². The van der Waals surface area contributed by atoms with Crippen LogP contribution in [-0.4, -0.2) is 61.8 Å². The van der Waals surface area contributed by atoms with Gasteiger partial charge in [-0.15, -0.1) is 0 Å². The van der Waals surface area contributed by atoms with Gasteiger partial charge in [-0.1, -0.05) is 60.7 Å².